The quantitative estimate of drug-likeness (QED) is 0.577. The van der Waals surface area contributed by atoms with E-state index in [4.69, 9.17) is 4.74 Å². The molecule has 0 radical (unpaired) electrons. The van der Waals surface area contributed by atoms with Gasteiger partial charge in [-0.1, -0.05) is 13.0 Å². The maximum atomic E-state index is 5.04. The van der Waals surface area contributed by atoms with Gasteiger partial charge in [0.25, 0.3) is 0 Å². The fourth-order valence-corrected chi connectivity index (χ4v) is 1.51. The molecular weight excluding hydrogens is 200 g/mol. The highest BCUT2D eigenvalue weighted by Crippen LogP contribution is 2.07. The summed E-state index contributed by atoms with van der Waals surface area (Å²) in [7, 11) is 3.86. The van der Waals surface area contributed by atoms with Crippen molar-refractivity contribution in [3.05, 3.63) is 12.7 Å². The molecule has 3 nitrogen and oxygen atoms in total. The summed E-state index contributed by atoms with van der Waals surface area (Å²) >= 11 is 0. The Kier molecular flexibility index (Phi) is 9.59. The fourth-order valence-electron chi connectivity index (χ4n) is 1.51. The largest absolute Gasteiger partial charge is 0.383 e. The number of likely N-dealkylation sites (N-methyl/N-ethyl adjacent to an activating group) is 1. The molecule has 0 aliphatic carbocycles. The van der Waals surface area contributed by atoms with Crippen LogP contribution in [0.5, 0.6) is 0 Å². The van der Waals surface area contributed by atoms with Gasteiger partial charge in [-0.3, -0.25) is 0 Å². The first-order valence-electron chi connectivity index (χ1n) is 6.13. The highest BCUT2D eigenvalue weighted by atomic mass is 16.5. The van der Waals surface area contributed by atoms with Crippen LogP contribution in [0.2, 0.25) is 0 Å². The molecule has 0 aromatic carbocycles. The first-order chi connectivity index (χ1) is 7.61. The summed E-state index contributed by atoms with van der Waals surface area (Å²) in [4.78, 5) is 2.28. The zero-order valence-corrected chi connectivity index (χ0v) is 11.3. The molecular formula is C13H28N2O. The van der Waals surface area contributed by atoms with Crippen molar-refractivity contribution in [2.24, 2.45) is 5.92 Å². The molecule has 1 N–H and O–H groups in total. The molecule has 3 heteroatoms. The first kappa shape index (κ1) is 15.6. The van der Waals surface area contributed by atoms with Crippen molar-refractivity contribution < 1.29 is 4.74 Å². The van der Waals surface area contributed by atoms with Crippen LogP contribution in [0.3, 0.4) is 0 Å². The van der Waals surface area contributed by atoms with Crippen molar-refractivity contribution in [3.8, 4) is 0 Å². The second kappa shape index (κ2) is 9.82. The van der Waals surface area contributed by atoms with Crippen molar-refractivity contribution in [2.45, 2.75) is 26.3 Å². The number of nitrogens with zero attached hydrogens (tertiary/aromatic N) is 1. The highest BCUT2D eigenvalue weighted by Gasteiger charge is 2.09. The summed E-state index contributed by atoms with van der Waals surface area (Å²) in [6.07, 6.45) is 3.07. The van der Waals surface area contributed by atoms with Crippen LogP contribution in [0.25, 0.3) is 0 Å². The molecule has 96 valence electrons. The average Bonchev–Trinajstić information content (AvgIpc) is 2.26. The number of rotatable bonds is 10. The second-order valence-electron chi connectivity index (χ2n) is 4.54. The van der Waals surface area contributed by atoms with Crippen molar-refractivity contribution >= 4 is 0 Å². The van der Waals surface area contributed by atoms with E-state index in [1.165, 1.54) is 0 Å². The van der Waals surface area contributed by atoms with Crippen LogP contribution in [0.1, 0.15) is 20.3 Å². The number of nitrogens with one attached hydrogen (secondary N) is 1. The lowest BCUT2D eigenvalue weighted by atomic mass is 10.00. The van der Waals surface area contributed by atoms with Crippen molar-refractivity contribution in [1.82, 2.24) is 10.2 Å². The van der Waals surface area contributed by atoms with E-state index in [0.29, 0.717) is 12.0 Å². The van der Waals surface area contributed by atoms with Gasteiger partial charge in [-0.05, 0) is 26.3 Å². The van der Waals surface area contributed by atoms with E-state index in [9.17, 15) is 0 Å². The third kappa shape index (κ3) is 7.85. The summed E-state index contributed by atoms with van der Waals surface area (Å²) in [5, 5.41) is 3.54. The summed E-state index contributed by atoms with van der Waals surface area (Å²) < 4.78 is 5.04. The summed E-state index contributed by atoms with van der Waals surface area (Å²) in [6.45, 7) is 12.2. The zero-order chi connectivity index (χ0) is 12.4. The predicted octanol–water partition coefficient (Wildman–Crippen LogP) is 1.75. The molecule has 2 atom stereocenters. The Hall–Kier alpha value is -0.380. The van der Waals surface area contributed by atoms with Crippen LogP contribution < -0.4 is 5.32 Å². The van der Waals surface area contributed by atoms with Gasteiger partial charge in [0.2, 0.25) is 0 Å². The molecule has 0 aromatic rings. The third-order valence-corrected chi connectivity index (χ3v) is 3.03. The average molecular weight is 228 g/mol. The molecule has 16 heavy (non-hydrogen) atoms. The molecule has 0 spiro atoms. The maximum absolute atomic E-state index is 5.04. The van der Waals surface area contributed by atoms with Gasteiger partial charge in [0.15, 0.2) is 0 Å². The normalized spacial score (nSPS) is 15.1. The first-order valence-corrected chi connectivity index (χ1v) is 6.13. The van der Waals surface area contributed by atoms with Crippen LogP contribution >= 0.6 is 0 Å². The Morgan fingerprint density at radius 2 is 2.06 bits per heavy atom. The van der Waals surface area contributed by atoms with E-state index in [2.05, 4.69) is 37.7 Å². The Bertz CT molecular complexity index is 173. The van der Waals surface area contributed by atoms with Crippen LogP contribution in [-0.4, -0.2) is 51.3 Å². The molecule has 0 rings (SSSR count). The van der Waals surface area contributed by atoms with Crippen molar-refractivity contribution in [3.63, 3.8) is 0 Å². The lowest BCUT2D eigenvalue weighted by Gasteiger charge is -2.22. The van der Waals surface area contributed by atoms with Crippen molar-refractivity contribution in [1.29, 1.82) is 0 Å². The van der Waals surface area contributed by atoms with Gasteiger partial charge in [-0.15, -0.1) is 6.58 Å². The van der Waals surface area contributed by atoms with Gasteiger partial charge in [0.1, 0.15) is 0 Å². The summed E-state index contributed by atoms with van der Waals surface area (Å²) in [5.74, 6) is 0.654. The molecule has 0 aromatic heterocycles. The van der Waals surface area contributed by atoms with Crippen molar-refractivity contribution in [2.75, 3.05) is 40.4 Å². The minimum absolute atomic E-state index is 0.550. The van der Waals surface area contributed by atoms with Crippen LogP contribution in [0.15, 0.2) is 12.7 Å². The van der Waals surface area contributed by atoms with Crippen LogP contribution in [0.4, 0.5) is 0 Å². The number of allylic oxidation sites excluding steroid dienone is 1. The Morgan fingerprint density at radius 1 is 1.38 bits per heavy atom. The van der Waals surface area contributed by atoms with E-state index in [0.717, 1.165) is 32.7 Å². The lowest BCUT2D eigenvalue weighted by Crippen LogP contribution is -2.38. The Morgan fingerprint density at radius 3 is 2.62 bits per heavy atom. The predicted molar refractivity (Wildman–Crippen MR) is 70.8 cm³/mol. The minimum Gasteiger partial charge on any atom is -0.383 e. The Labute approximate surface area is 101 Å². The molecule has 0 fully saturated rings. The molecule has 0 saturated heterocycles. The van der Waals surface area contributed by atoms with Crippen LogP contribution in [-0.2, 0) is 4.74 Å². The number of hydrogen-bond donors (Lipinski definition) is 1. The molecule has 0 heterocycles. The van der Waals surface area contributed by atoms with E-state index in [1.54, 1.807) is 7.11 Å². The SMILES string of the molecule is C=CCC(C)C(C)NCCN(C)CCOC. The van der Waals surface area contributed by atoms with Gasteiger partial charge in [0, 0.05) is 32.8 Å². The van der Waals surface area contributed by atoms with E-state index < -0.39 is 0 Å². The van der Waals surface area contributed by atoms with Gasteiger partial charge >= 0.3 is 0 Å². The molecule has 0 aliphatic rings. The smallest absolute Gasteiger partial charge is 0.0589 e. The minimum atomic E-state index is 0.550. The van der Waals surface area contributed by atoms with E-state index in [-0.39, 0.29) is 0 Å². The van der Waals surface area contributed by atoms with Gasteiger partial charge in [0.05, 0.1) is 6.61 Å². The lowest BCUT2D eigenvalue weighted by molar-refractivity contribution is 0.160. The fraction of sp³-hybridized carbons (Fsp3) is 0.846. The van der Waals surface area contributed by atoms with E-state index >= 15 is 0 Å². The van der Waals surface area contributed by atoms with Gasteiger partial charge in [-0.2, -0.15) is 0 Å². The molecule has 0 aliphatic heterocycles. The topological polar surface area (TPSA) is 24.5 Å². The second-order valence-corrected chi connectivity index (χ2v) is 4.54. The van der Waals surface area contributed by atoms with E-state index in [1.807, 2.05) is 6.08 Å². The Balaban J connectivity index is 3.52. The third-order valence-electron chi connectivity index (χ3n) is 3.03. The molecule has 2 unspecified atom stereocenters. The van der Waals surface area contributed by atoms with Gasteiger partial charge < -0.3 is 15.0 Å². The van der Waals surface area contributed by atoms with Crippen LogP contribution in [0, 0.1) is 5.92 Å². The monoisotopic (exact) mass is 228 g/mol. The summed E-state index contributed by atoms with van der Waals surface area (Å²) in [5.41, 5.74) is 0. The summed E-state index contributed by atoms with van der Waals surface area (Å²) in [6, 6.07) is 0.550. The number of methoxy groups -OCH3 is 1. The molecule has 0 amide bonds. The number of hydrogen-bond acceptors (Lipinski definition) is 3. The maximum Gasteiger partial charge on any atom is 0.0589 e. The zero-order valence-electron chi connectivity index (χ0n) is 11.3. The van der Waals surface area contributed by atoms with Gasteiger partial charge in [-0.25, -0.2) is 0 Å². The highest BCUT2D eigenvalue weighted by molar-refractivity contribution is 4.77. The standard InChI is InChI=1S/C13H28N2O/c1-6-7-12(2)13(3)14-8-9-15(4)10-11-16-5/h6,12-14H,1,7-11H2,2-5H3. The molecule has 0 saturated carbocycles. The molecule has 0 bridgehead atoms. The number of ether oxygens (including phenoxy) is 1.